The predicted molar refractivity (Wildman–Crippen MR) is 131 cm³/mol. The number of hydrogen-bond donors (Lipinski definition) is 1. The average Bonchev–Trinajstić information content (AvgIpc) is 3.53. The summed E-state index contributed by atoms with van der Waals surface area (Å²) >= 11 is -2.23. The zero-order valence-corrected chi connectivity index (χ0v) is 23.6. The average molecular weight is 515 g/mol. The maximum atomic E-state index is 11.1. The van der Waals surface area contributed by atoms with Gasteiger partial charge in [-0.2, -0.15) is 0 Å². The van der Waals surface area contributed by atoms with E-state index in [-0.39, 0.29) is 6.10 Å². The zero-order chi connectivity index (χ0) is 21.9. The zero-order valence-electron chi connectivity index (χ0n) is 20.8. The Morgan fingerprint density at radius 2 is 1.45 bits per heavy atom. The van der Waals surface area contributed by atoms with Crippen LogP contribution >= 0.6 is 0 Å². The first-order chi connectivity index (χ1) is 13.9. The van der Waals surface area contributed by atoms with E-state index < -0.39 is 18.4 Å². The van der Waals surface area contributed by atoms with Crippen molar-refractivity contribution in [2.75, 3.05) is 7.11 Å². The molecule has 172 valence electrons. The molecule has 0 aliphatic heterocycles. The molecular formula is C26H52O2Sn. The first kappa shape index (κ1) is 27.5. The van der Waals surface area contributed by atoms with Crippen LogP contribution in [0.1, 0.15) is 92.9 Å². The number of aliphatic hydroxyl groups excluding tert-OH is 1. The molecular weight excluding hydrogens is 463 g/mol. The third-order valence-corrected chi connectivity index (χ3v) is 21.8. The Hall–Kier alpha value is 0.459. The molecule has 0 aromatic heterocycles. The summed E-state index contributed by atoms with van der Waals surface area (Å²) < 4.78 is 13.0. The van der Waals surface area contributed by atoms with E-state index >= 15 is 0 Å². The van der Waals surface area contributed by atoms with Crippen molar-refractivity contribution in [1.29, 1.82) is 0 Å². The third kappa shape index (κ3) is 8.85. The van der Waals surface area contributed by atoms with E-state index in [1.165, 1.54) is 58.3 Å². The van der Waals surface area contributed by atoms with Gasteiger partial charge in [-0.3, -0.25) is 0 Å². The Bertz CT molecular complexity index is 424. The number of unbranched alkanes of at least 4 members (excludes halogenated alkanes) is 3. The van der Waals surface area contributed by atoms with Gasteiger partial charge in [-0.25, -0.2) is 0 Å². The maximum absolute atomic E-state index is 11.1. The van der Waals surface area contributed by atoms with Crippen LogP contribution < -0.4 is 0 Å². The molecule has 3 heteroatoms. The molecule has 0 heterocycles. The molecule has 1 aliphatic carbocycles. The second-order valence-corrected chi connectivity index (χ2v) is 23.0. The fourth-order valence-corrected chi connectivity index (χ4v) is 20.0. The van der Waals surface area contributed by atoms with Crippen molar-refractivity contribution in [2.24, 2.45) is 23.7 Å². The quantitative estimate of drug-likeness (QED) is 0.202. The molecule has 0 aromatic carbocycles. The molecule has 0 radical (unpaired) electrons. The normalized spacial score (nSPS) is 23.9. The van der Waals surface area contributed by atoms with E-state index in [1.54, 1.807) is 0 Å². The molecule has 1 fully saturated rings. The van der Waals surface area contributed by atoms with E-state index in [4.69, 9.17) is 4.74 Å². The Morgan fingerprint density at radius 1 is 0.931 bits per heavy atom. The van der Waals surface area contributed by atoms with Gasteiger partial charge in [-0.05, 0) is 0 Å². The molecule has 1 aliphatic rings. The number of aliphatic hydroxyl groups is 1. The van der Waals surface area contributed by atoms with Gasteiger partial charge < -0.3 is 0 Å². The van der Waals surface area contributed by atoms with Gasteiger partial charge in [-0.1, -0.05) is 0 Å². The molecule has 0 spiro atoms. The first-order valence-electron chi connectivity index (χ1n) is 12.8. The number of rotatable bonds is 17. The molecule has 0 aromatic rings. The van der Waals surface area contributed by atoms with Crippen LogP contribution in [0.2, 0.25) is 13.3 Å². The molecule has 0 bridgehead atoms. The second kappa shape index (κ2) is 14.5. The summed E-state index contributed by atoms with van der Waals surface area (Å²) in [6, 6.07) is 0. The molecule has 0 saturated heterocycles. The van der Waals surface area contributed by atoms with Crippen LogP contribution in [0.3, 0.4) is 0 Å². The molecule has 2 nitrogen and oxygen atoms in total. The van der Waals surface area contributed by atoms with Crippen molar-refractivity contribution in [3.8, 4) is 0 Å². The summed E-state index contributed by atoms with van der Waals surface area (Å²) in [5.74, 6) is 1.96. The van der Waals surface area contributed by atoms with Crippen molar-refractivity contribution in [1.82, 2.24) is 0 Å². The van der Waals surface area contributed by atoms with Crippen LogP contribution in [0.15, 0.2) is 10.2 Å². The van der Waals surface area contributed by atoms with Gasteiger partial charge in [0, 0.05) is 0 Å². The van der Waals surface area contributed by atoms with Crippen LogP contribution in [-0.4, -0.2) is 42.8 Å². The second-order valence-electron chi connectivity index (χ2n) is 9.99. The molecule has 6 atom stereocenters. The number of methoxy groups -OCH3 is 1. The monoisotopic (exact) mass is 516 g/mol. The summed E-state index contributed by atoms with van der Waals surface area (Å²) in [6.45, 7) is 13.8. The summed E-state index contributed by atoms with van der Waals surface area (Å²) in [6.07, 6.45) is 13.0. The van der Waals surface area contributed by atoms with Crippen LogP contribution in [0.4, 0.5) is 0 Å². The SMILES string of the molecule is CCC[CH2][Sn](/[CH]=C/[C@@H](C)[C@H](O)[C@H]1C[C@@H]1[C@H](C)[C@H](CC)OC)([CH2]CCC)[CH2]CCC. The van der Waals surface area contributed by atoms with Crippen molar-refractivity contribution in [3.63, 3.8) is 0 Å². The van der Waals surface area contributed by atoms with E-state index in [2.05, 4.69) is 51.7 Å². The van der Waals surface area contributed by atoms with Crippen LogP contribution in [0.25, 0.3) is 0 Å². The van der Waals surface area contributed by atoms with Gasteiger partial charge in [-0.15, -0.1) is 0 Å². The van der Waals surface area contributed by atoms with E-state index in [0.29, 0.717) is 29.8 Å². The van der Waals surface area contributed by atoms with Gasteiger partial charge in [0.1, 0.15) is 0 Å². The summed E-state index contributed by atoms with van der Waals surface area (Å²) in [7, 11) is 1.83. The Labute approximate surface area is 187 Å². The number of ether oxygens (including phenoxy) is 1. The van der Waals surface area contributed by atoms with Gasteiger partial charge in [0.2, 0.25) is 0 Å². The standard InChI is InChI=1S/C14H25O2.3C4H9.Sn/c1-6-9(3)14(15)12-8-11(12)10(4)13(7-2)16-5;3*1-3-4-2;/h1,6,9-15H,7-8H2,2-5H3;3*1,3-4H2,2H3;/t9-,10+,11-,12+,13+,14+;;;;/m1..../s1. The van der Waals surface area contributed by atoms with Gasteiger partial charge >= 0.3 is 188 Å². The minimum absolute atomic E-state index is 0.180. The van der Waals surface area contributed by atoms with Crippen LogP contribution in [0.5, 0.6) is 0 Å². The van der Waals surface area contributed by atoms with Crippen molar-refractivity contribution in [3.05, 3.63) is 10.2 Å². The molecule has 1 rings (SSSR count). The van der Waals surface area contributed by atoms with Gasteiger partial charge in [0.25, 0.3) is 0 Å². The molecule has 1 saturated carbocycles. The minimum atomic E-state index is -2.23. The summed E-state index contributed by atoms with van der Waals surface area (Å²) in [4.78, 5) is 0. The van der Waals surface area contributed by atoms with E-state index in [9.17, 15) is 5.11 Å². The van der Waals surface area contributed by atoms with E-state index in [1.807, 2.05) is 7.11 Å². The molecule has 0 amide bonds. The molecule has 1 N–H and O–H groups in total. The predicted octanol–water partition coefficient (Wildman–Crippen LogP) is 7.63. The van der Waals surface area contributed by atoms with Crippen molar-refractivity contribution in [2.45, 2.75) is 118 Å². The van der Waals surface area contributed by atoms with Crippen LogP contribution in [0, 0.1) is 23.7 Å². The Balaban J connectivity index is 2.78. The van der Waals surface area contributed by atoms with Gasteiger partial charge in [0.05, 0.1) is 0 Å². The number of hydrogen-bond acceptors (Lipinski definition) is 2. The molecule has 29 heavy (non-hydrogen) atoms. The Kier molecular flexibility index (Phi) is 13.8. The fourth-order valence-electron chi connectivity index (χ4n) is 5.33. The molecule has 0 unspecified atom stereocenters. The summed E-state index contributed by atoms with van der Waals surface area (Å²) in [5.41, 5.74) is 0. The third-order valence-electron chi connectivity index (χ3n) is 7.67. The fraction of sp³-hybridized carbons (Fsp3) is 0.923. The van der Waals surface area contributed by atoms with Crippen molar-refractivity contribution < 1.29 is 9.84 Å². The van der Waals surface area contributed by atoms with Crippen LogP contribution in [-0.2, 0) is 4.74 Å². The first-order valence-corrected chi connectivity index (χ1v) is 20.5. The topological polar surface area (TPSA) is 29.5 Å². The van der Waals surface area contributed by atoms with Crippen molar-refractivity contribution >= 4 is 18.4 Å². The summed E-state index contributed by atoms with van der Waals surface area (Å²) in [5, 5.41) is 11.1. The Morgan fingerprint density at radius 3 is 1.86 bits per heavy atom. The van der Waals surface area contributed by atoms with E-state index in [0.717, 1.165) is 6.42 Å². The van der Waals surface area contributed by atoms with Gasteiger partial charge in [0.15, 0.2) is 0 Å².